The van der Waals surface area contributed by atoms with Crippen molar-refractivity contribution in [1.29, 1.82) is 5.53 Å². The molecule has 3 aromatic carbocycles. The van der Waals surface area contributed by atoms with Gasteiger partial charge in [0.05, 0.1) is 11.4 Å². The second-order valence-corrected chi connectivity index (χ2v) is 8.84. The standard InChI is InChI=1S/C24H24N2O2S/c1-3-21(22-14-7-8-15-23(22)29(2,27)28)24(19-11-5-4-6-12-19)20-13-9-10-18(16-20)17-26-25/h4-16,25H,3,17H2,1-2H3/b24-21+,26-25?. The first-order valence-electron chi connectivity index (χ1n) is 9.46. The Hall–Kier alpha value is -3.05. The molecule has 29 heavy (non-hydrogen) atoms. The maximum Gasteiger partial charge on any atom is 0.176 e. The minimum Gasteiger partial charge on any atom is -0.224 e. The number of sulfone groups is 1. The molecule has 0 aliphatic heterocycles. The molecule has 0 saturated heterocycles. The Morgan fingerprint density at radius 1 is 0.897 bits per heavy atom. The topological polar surface area (TPSA) is 70.3 Å². The Balaban J connectivity index is 2.37. The zero-order valence-corrected chi connectivity index (χ0v) is 17.4. The average Bonchev–Trinajstić information content (AvgIpc) is 2.72. The number of nitrogens with one attached hydrogen (secondary N) is 1. The summed E-state index contributed by atoms with van der Waals surface area (Å²) in [4.78, 5) is 0.336. The van der Waals surface area contributed by atoms with Gasteiger partial charge < -0.3 is 0 Å². The average molecular weight is 405 g/mol. The summed E-state index contributed by atoms with van der Waals surface area (Å²) in [5.74, 6) is 0. The van der Waals surface area contributed by atoms with E-state index in [0.717, 1.165) is 33.4 Å². The van der Waals surface area contributed by atoms with Gasteiger partial charge in [-0.3, -0.25) is 0 Å². The number of nitrogens with zero attached hydrogens (tertiary/aromatic N) is 1. The van der Waals surface area contributed by atoms with Crippen LogP contribution in [0.4, 0.5) is 0 Å². The van der Waals surface area contributed by atoms with Crippen LogP contribution in [-0.4, -0.2) is 14.7 Å². The van der Waals surface area contributed by atoms with Gasteiger partial charge in [0, 0.05) is 6.26 Å². The highest BCUT2D eigenvalue weighted by Crippen LogP contribution is 2.37. The third-order valence-electron chi connectivity index (χ3n) is 4.81. The monoisotopic (exact) mass is 404 g/mol. The Kier molecular flexibility index (Phi) is 6.39. The van der Waals surface area contributed by atoms with E-state index in [2.05, 4.69) is 5.11 Å². The molecule has 0 fully saturated rings. The lowest BCUT2D eigenvalue weighted by Gasteiger charge is -2.18. The van der Waals surface area contributed by atoms with Crippen molar-refractivity contribution >= 4 is 21.0 Å². The summed E-state index contributed by atoms with van der Waals surface area (Å²) >= 11 is 0. The highest BCUT2D eigenvalue weighted by Gasteiger charge is 2.19. The first-order valence-corrected chi connectivity index (χ1v) is 11.4. The van der Waals surface area contributed by atoms with Crippen molar-refractivity contribution < 1.29 is 8.42 Å². The van der Waals surface area contributed by atoms with E-state index in [4.69, 9.17) is 5.53 Å². The molecule has 148 valence electrons. The van der Waals surface area contributed by atoms with Crippen LogP contribution in [0.15, 0.2) is 88.9 Å². The summed E-state index contributed by atoms with van der Waals surface area (Å²) in [5, 5.41) is 3.50. The molecule has 0 bridgehead atoms. The van der Waals surface area contributed by atoms with Gasteiger partial charge in [0.1, 0.15) is 0 Å². The van der Waals surface area contributed by atoms with Crippen molar-refractivity contribution in [2.24, 2.45) is 5.11 Å². The van der Waals surface area contributed by atoms with Crippen LogP contribution in [0.2, 0.25) is 0 Å². The first kappa shape index (κ1) is 20.7. The quantitative estimate of drug-likeness (QED) is 0.388. The second kappa shape index (κ2) is 8.97. The number of benzene rings is 3. The van der Waals surface area contributed by atoms with Crippen molar-refractivity contribution in [2.45, 2.75) is 24.8 Å². The van der Waals surface area contributed by atoms with Gasteiger partial charge in [-0.05, 0) is 52.0 Å². The number of allylic oxidation sites excluding steroid dienone is 1. The Bertz CT molecular complexity index is 1150. The van der Waals surface area contributed by atoms with E-state index in [-0.39, 0.29) is 0 Å². The molecule has 3 aromatic rings. The first-order chi connectivity index (χ1) is 14.0. The van der Waals surface area contributed by atoms with Gasteiger partial charge in [0.15, 0.2) is 9.84 Å². The summed E-state index contributed by atoms with van der Waals surface area (Å²) in [7, 11) is -3.38. The zero-order chi connectivity index (χ0) is 20.9. The van der Waals surface area contributed by atoms with E-state index in [1.807, 2.05) is 73.7 Å². The van der Waals surface area contributed by atoms with Crippen LogP contribution in [0.1, 0.15) is 35.6 Å². The summed E-state index contributed by atoms with van der Waals surface area (Å²) in [6.07, 6.45) is 1.92. The lowest BCUT2D eigenvalue weighted by molar-refractivity contribution is 0.601. The normalized spacial score (nSPS) is 12.3. The summed E-state index contributed by atoms with van der Waals surface area (Å²) < 4.78 is 24.9. The maximum absolute atomic E-state index is 12.5. The van der Waals surface area contributed by atoms with Crippen molar-refractivity contribution in [3.63, 3.8) is 0 Å². The van der Waals surface area contributed by atoms with E-state index in [0.29, 0.717) is 17.9 Å². The van der Waals surface area contributed by atoms with Crippen LogP contribution in [0.3, 0.4) is 0 Å². The number of hydrogen-bond acceptors (Lipinski definition) is 4. The number of hydrogen-bond donors (Lipinski definition) is 1. The molecule has 0 aliphatic rings. The molecule has 0 amide bonds. The molecule has 3 rings (SSSR count). The van der Waals surface area contributed by atoms with E-state index in [1.165, 1.54) is 6.26 Å². The molecule has 0 unspecified atom stereocenters. The van der Waals surface area contributed by atoms with Crippen molar-refractivity contribution in [3.05, 3.63) is 101 Å². The van der Waals surface area contributed by atoms with E-state index >= 15 is 0 Å². The van der Waals surface area contributed by atoms with Crippen LogP contribution < -0.4 is 0 Å². The largest absolute Gasteiger partial charge is 0.224 e. The molecule has 4 nitrogen and oxygen atoms in total. The molecule has 0 spiro atoms. The molecule has 5 heteroatoms. The minimum absolute atomic E-state index is 0.317. The summed E-state index contributed by atoms with van der Waals surface area (Å²) in [6.45, 7) is 2.36. The fourth-order valence-electron chi connectivity index (χ4n) is 3.58. The van der Waals surface area contributed by atoms with Gasteiger partial charge in [0.25, 0.3) is 0 Å². The second-order valence-electron chi connectivity index (χ2n) is 6.86. The van der Waals surface area contributed by atoms with Gasteiger partial charge >= 0.3 is 0 Å². The van der Waals surface area contributed by atoms with Gasteiger partial charge in [-0.1, -0.05) is 73.7 Å². The van der Waals surface area contributed by atoms with Crippen LogP contribution >= 0.6 is 0 Å². The summed E-state index contributed by atoms with van der Waals surface area (Å²) in [6, 6.07) is 25.1. The fraction of sp³-hybridized carbons (Fsp3) is 0.167. The third-order valence-corrected chi connectivity index (χ3v) is 5.96. The maximum atomic E-state index is 12.5. The Morgan fingerprint density at radius 3 is 2.21 bits per heavy atom. The summed E-state index contributed by atoms with van der Waals surface area (Å²) in [5.41, 5.74) is 12.8. The Morgan fingerprint density at radius 2 is 1.55 bits per heavy atom. The molecule has 0 aromatic heterocycles. The lowest BCUT2D eigenvalue weighted by atomic mass is 9.87. The molecular weight excluding hydrogens is 380 g/mol. The Labute approximate surface area is 172 Å². The van der Waals surface area contributed by atoms with E-state index in [9.17, 15) is 8.42 Å². The highest BCUT2D eigenvalue weighted by atomic mass is 32.2. The molecule has 1 N–H and O–H groups in total. The smallest absolute Gasteiger partial charge is 0.176 e. The van der Waals surface area contributed by atoms with E-state index in [1.54, 1.807) is 12.1 Å². The van der Waals surface area contributed by atoms with Gasteiger partial charge in [0.2, 0.25) is 0 Å². The van der Waals surface area contributed by atoms with Gasteiger partial charge in [-0.25, -0.2) is 13.9 Å². The van der Waals surface area contributed by atoms with Crippen LogP contribution in [0.5, 0.6) is 0 Å². The fourth-order valence-corrected chi connectivity index (χ4v) is 4.49. The van der Waals surface area contributed by atoms with Crippen LogP contribution in [0.25, 0.3) is 11.1 Å². The van der Waals surface area contributed by atoms with Crippen molar-refractivity contribution in [3.8, 4) is 0 Å². The van der Waals surface area contributed by atoms with Gasteiger partial charge in [-0.15, -0.1) is 0 Å². The third kappa shape index (κ3) is 4.69. The van der Waals surface area contributed by atoms with E-state index < -0.39 is 9.84 Å². The lowest BCUT2D eigenvalue weighted by Crippen LogP contribution is -2.04. The molecule has 0 aliphatic carbocycles. The predicted octanol–water partition coefficient (Wildman–Crippen LogP) is 5.99. The number of rotatable bonds is 7. The molecule has 0 heterocycles. The van der Waals surface area contributed by atoms with Crippen LogP contribution in [0, 0.1) is 5.53 Å². The highest BCUT2D eigenvalue weighted by molar-refractivity contribution is 7.90. The predicted molar refractivity (Wildman–Crippen MR) is 117 cm³/mol. The molecule has 0 radical (unpaired) electrons. The molecule has 0 saturated carbocycles. The molecular formula is C24H24N2O2S. The van der Waals surface area contributed by atoms with Crippen molar-refractivity contribution in [1.82, 2.24) is 0 Å². The van der Waals surface area contributed by atoms with Crippen LogP contribution in [-0.2, 0) is 16.4 Å². The SMILES string of the molecule is CC/C(=C(/c1ccccc1)c1cccc(CN=N)c1)c1ccccc1S(C)(=O)=O. The zero-order valence-electron chi connectivity index (χ0n) is 16.6. The van der Waals surface area contributed by atoms with Gasteiger partial charge in [-0.2, -0.15) is 5.11 Å². The minimum atomic E-state index is -3.38. The molecule has 0 atom stereocenters. The van der Waals surface area contributed by atoms with Crippen molar-refractivity contribution in [2.75, 3.05) is 6.26 Å².